The van der Waals surface area contributed by atoms with Crippen molar-refractivity contribution in [1.29, 1.82) is 0 Å². The molecule has 1 aromatic heterocycles. The van der Waals surface area contributed by atoms with Crippen LogP contribution in [0.2, 0.25) is 0 Å². The highest BCUT2D eigenvalue weighted by molar-refractivity contribution is 5.58. The Balaban J connectivity index is 2.78. The third-order valence-corrected chi connectivity index (χ3v) is 1.30. The normalized spacial score (nSPS) is 9.73. The van der Waals surface area contributed by atoms with E-state index in [0.717, 1.165) is 18.2 Å². The molecule has 0 saturated heterocycles. The van der Waals surface area contributed by atoms with Crippen molar-refractivity contribution >= 4 is 11.6 Å². The van der Waals surface area contributed by atoms with Crippen molar-refractivity contribution in [2.24, 2.45) is 0 Å². The van der Waals surface area contributed by atoms with E-state index in [0.29, 0.717) is 0 Å². The van der Waals surface area contributed by atoms with Gasteiger partial charge in [0.1, 0.15) is 0 Å². The smallest absolute Gasteiger partial charge is 0.194 e. The van der Waals surface area contributed by atoms with Crippen LogP contribution < -0.4 is 10.2 Å². The molecule has 0 fully saturated rings. The summed E-state index contributed by atoms with van der Waals surface area (Å²) in [6.45, 7) is 2.88. The van der Waals surface area contributed by atoms with Crippen molar-refractivity contribution < 1.29 is 0 Å². The first-order valence-electron chi connectivity index (χ1n) is 3.57. The molecule has 0 amide bonds. The minimum absolute atomic E-state index is 0.803. The fourth-order valence-electron chi connectivity index (χ4n) is 0.823. The maximum absolute atomic E-state index is 3.96. The Bertz CT molecular complexity index is 217. The van der Waals surface area contributed by atoms with Gasteiger partial charge in [-0.15, -0.1) is 10.2 Å². The minimum atomic E-state index is 0.803. The number of nitrogens with one attached hydrogen (secondary N) is 2. The molecule has 1 rings (SSSR count). The summed E-state index contributed by atoms with van der Waals surface area (Å²) in [6, 6.07) is 0. The molecule has 0 aromatic carbocycles. The molecule has 0 atom stereocenters. The van der Waals surface area contributed by atoms with Gasteiger partial charge >= 0.3 is 0 Å². The van der Waals surface area contributed by atoms with Crippen LogP contribution in [0.4, 0.5) is 11.6 Å². The molecule has 0 bridgehead atoms. The largest absolute Gasteiger partial charge is 0.366 e. The van der Waals surface area contributed by atoms with Gasteiger partial charge in [-0.25, -0.2) is 0 Å². The van der Waals surface area contributed by atoms with Crippen molar-refractivity contribution in [3.63, 3.8) is 0 Å². The van der Waals surface area contributed by atoms with Gasteiger partial charge in [-0.05, 0) is 6.92 Å². The summed E-state index contributed by atoms with van der Waals surface area (Å²) in [5, 5.41) is 13.6. The summed E-state index contributed by atoms with van der Waals surface area (Å²) in [6.07, 6.45) is 0. The maximum atomic E-state index is 3.96. The second kappa shape index (κ2) is 3.23. The predicted octanol–water partition coefficient (Wildman–Crippen LogP) is 0.302. The second-order valence-electron chi connectivity index (χ2n) is 2.42. The van der Waals surface area contributed by atoms with Crippen LogP contribution in [0, 0.1) is 0 Å². The van der Waals surface area contributed by atoms with Crippen molar-refractivity contribution in [3.8, 4) is 0 Å². The van der Waals surface area contributed by atoms with Gasteiger partial charge in [0.15, 0.2) is 11.6 Å². The SMILES string of the molecule is CCNc1n[nH]nc1N(C)C. The van der Waals surface area contributed by atoms with Gasteiger partial charge in [-0.2, -0.15) is 5.21 Å². The lowest BCUT2D eigenvalue weighted by atomic mass is 10.5. The van der Waals surface area contributed by atoms with E-state index in [9.17, 15) is 0 Å². The van der Waals surface area contributed by atoms with Crippen LogP contribution in [-0.4, -0.2) is 36.1 Å². The van der Waals surface area contributed by atoms with Gasteiger partial charge in [-0.3, -0.25) is 0 Å². The summed E-state index contributed by atoms with van der Waals surface area (Å²) in [4.78, 5) is 1.90. The number of H-pyrrole nitrogens is 1. The molecule has 0 aliphatic heterocycles. The molecule has 11 heavy (non-hydrogen) atoms. The van der Waals surface area contributed by atoms with Crippen LogP contribution in [0.25, 0.3) is 0 Å². The molecule has 0 radical (unpaired) electrons. The summed E-state index contributed by atoms with van der Waals surface area (Å²) >= 11 is 0. The van der Waals surface area contributed by atoms with E-state index in [2.05, 4.69) is 20.7 Å². The first-order chi connectivity index (χ1) is 5.25. The summed E-state index contributed by atoms with van der Waals surface area (Å²) in [7, 11) is 3.86. The fraction of sp³-hybridized carbons (Fsp3) is 0.667. The van der Waals surface area contributed by atoms with Crippen molar-refractivity contribution in [2.45, 2.75) is 6.92 Å². The number of nitrogens with zero attached hydrogens (tertiary/aromatic N) is 3. The molecule has 0 spiro atoms. The van der Waals surface area contributed by atoms with Crippen LogP contribution in [-0.2, 0) is 0 Å². The van der Waals surface area contributed by atoms with E-state index in [1.54, 1.807) is 0 Å². The molecule has 62 valence electrons. The molecule has 0 saturated carbocycles. The van der Waals surface area contributed by atoms with E-state index < -0.39 is 0 Å². The van der Waals surface area contributed by atoms with Crippen LogP contribution >= 0.6 is 0 Å². The molecule has 5 heteroatoms. The molecule has 1 heterocycles. The Labute approximate surface area is 65.8 Å². The second-order valence-corrected chi connectivity index (χ2v) is 2.42. The topological polar surface area (TPSA) is 56.8 Å². The molecule has 0 aliphatic carbocycles. The average molecular weight is 155 g/mol. The zero-order chi connectivity index (χ0) is 8.27. The van der Waals surface area contributed by atoms with Gasteiger partial charge in [0.25, 0.3) is 0 Å². The Morgan fingerprint density at radius 2 is 2.18 bits per heavy atom. The van der Waals surface area contributed by atoms with Crippen LogP contribution in [0.1, 0.15) is 6.92 Å². The predicted molar refractivity (Wildman–Crippen MR) is 44.9 cm³/mol. The minimum Gasteiger partial charge on any atom is -0.366 e. The fourth-order valence-corrected chi connectivity index (χ4v) is 0.823. The lowest BCUT2D eigenvalue weighted by Gasteiger charge is -2.09. The summed E-state index contributed by atoms with van der Waals surface area (Å²) in [5.74, 6) is 1.64. The van der Waals surface area contributed by atoms with E-state index in [4.69, 9.17) is 0 Å². The monoisotopic (exact) mass is 155 g/mol. The molecule has 0 unspecified atom stereocenters. The molecule has 0 aliphatic rings. The van der Waals surface area contributed by atoms with Crippen molar-refractivity contribution in [2.75, 3.05) is 30.9 Å². The average Bonchev–Trinajstić information content (AvgIpc) is 2.36. The highest BCUT2D eigenvalue weighted by Crippen LogP contribution is 2.15. The van der Waals surface area contributed by atoms with Crippen LogP contribution in [0.15, 0.2) is 0 Å². The number of rotatable bonds is 3. The van der Waals surface area contributed by atoms with Gasteiger partial charge in [0, 0.05) is 20.6 Å². The van der Waals surface area contributed by atoms with Gasteiger partial charge < -0.3 is 10.2 Å². The van der Waals surface area contributed by atoms with E-state index in [-0.39, 0.29) is 0 Å². The van der Waals surface area contributed by atoms with Gasteiger partial charge in [0.2, 0.25) is 0 Å². The first-order valence-corrected chi connectivity index (χ1v) is 3.57. The van der Waals surface area contributed by atoms with Crippen molar-refractivity contribution in [1.82, 2.24) is 15.4 Å². The highest BCUT2D eigenvalue weighted by Gasteiger charge is 2.06. The third kappa shape index (κ3) is 1.60. The lowest BCUT2D eigenvalue weighted by Crippen LogP contribution is -2.12. The number of hydrogen-bond acceptors (Lipinski definition) is 4. The number of hydrogen-bond donors (Lipinski definition) is 2. The zero-order valence-electron chi connectivity index (χ0n) is 7.05. The first kappa shape index (κ1) is 7.84. The number of aromatic amines is 1. The zero-order valence-corrected chi connectivity index (χ0v) is 7.05. The molecular weight excluding hydrogens is 142 g/mol. The molecular formula is C6H13N5. The van der Waals surface area contributed by atoms with E-state index in [1.807, 2.05) is 25.9 Å². The number of anilines is 2. The standard InChI is InChI=1S/C6H13N5/c1-4-7-5-6(11(2)3)9-10-8-5/h4H2,1-3H3,(H2,7,8,9,10). The Morgan fingerprint density at radius 1 is 1.45 bits per heavy atom. The quantitative estimate of drug-likeness (QED) is 0.659. The van der Waals surface area contributed by atoms with Crippen molar-refractivity contribution in [3.05, 3.63) is 0 Å². The van der Waals surface area contributed by atoms with Crippen LogP contribution in [0.3, 0.4) is 0 Å². The number of aromatic nitrogens is 3. The molecule has 5 nitrogen and oxygen atoms in total. The highest BCUT2D eigenvalue weighted by atomic mass is 15.4. The Morgan fingerprint density at radius 3 is 2.73 bits per heavy atom. The van der Waals surface area contributed by atoms with E-state index in [1.165, 1.54) is 0 Å². The third-order valence-electron chi connectivity index (χ3n) is 1.30. The van der Waals surface area contributed by atoms with Gasteiger partial charge in [-0.1, -0.05) is 0 Å². The Hall–Kier alpha value is -1.26. The molecule has 2 N–H and O–H groups in total. The van der Waals surface area contributed by atoms with E-state index >= 15 is 0 Å². The molecule has 1 aromatic rings. The van der Waals surface area contributed by atoms with Crippen LogP contribution in [0.5, 0.6) is 0 Å². The summed E-state index contributed by atoms with van der Waals surface area (Å²) < 4.78 is 0. The maximum Gasteiger partial charge on any atom is 0.194 e. The van der Waals surface area contributed by atoms with Gasteiger partial charge in [0.05, 0.1) is 0 Å². The summed E-state index contributed by atoms with van der Waals surface area (Å²) in [5.41, 5.74) is 0. The lowest BCUT2D eigenvalue weighted by molar-refractivity contribution is 0.926. The Kier molecular flexibility index (Phi) is 2.30.